The largest absolute Gasteiger partial charge is 0.495 e. The molecule has 0 aromatic heterocycles. The first-order valence-electron chi connectivity index (χ1n) is 8.59. The lowest BCUT2D eigenvalue weighted by atomic mass is 9.49. The topological polar surface area (TPSA) is 38.3 Å². The summed E-state index contributed by atoms with van der Waals surface area (Å²) in [5.41, 5.74) is 1.08. The second-order valence-corrected chi connectivity index (χ2v) is 7.84. The molecule has 4 fully saturated rings. The molecule has 0 atom stereocenters. The minimum Gasteiger partial charge on any atom is -0.495 e. The van der Waals surface area contributed by atoms with E-state index in [9.17, 15) is 4.79 Å². The van der Waals surface area contributed by atoms with Gasteiger partial charge in [0.25, 0.3) is 0 Å². The van der Waals surface area contributed by atoms with Crippen molar-refractivity contribution in [3.63, 3.8) is 0 Å². The zero-order valence-electron chi connectivity index (χ0n) is 13.3. The predicted molar refractivity (Wildman–Crippen MR) is 86.8 cm³/mol. The minimum atomic E-state index is 0.159. The van der Waals surface area contributed by atoms with Crippen molar-refractivity contribution in [3.05, 3.63) is 24.3 Å². The van der Waals surface area contributed by atoms with Crippen LogP contribution in [0, 0.1) is 23.2 Å². The summed E-state index contributed by atoms with van der Waals surface area (Å²) in [5, 5.41) is 3.07. The molecule has 0 spiro atoms. The van der Waals surface area contributed by atoms with E-state index in [0.717, 1.165) is 29.2 Å². The molecule has 4 aliphatic rings. The van der Waals surface area contributed by atoms with Crippen LogP contribution in [0.4, 0.5) is 5.69 Å². The molecule has 0 unspecified atom stereocenters. The summed E-state index contributed by atoms with van der Waals surface area (Å²) in [6, 6.07) is 7.66. The summed E-state index contributed by atoms with van der Waals surface area (Å²) in [5.74, 6) is 3.58. The molecule has 22 heavy (non-hydrogen) atoms. The second kappa shape index (κ2) is 5.29. The Morgan fingerprint density at radius 1 is 1.14 bits per heavy atom. The van der Waals surface area contributed by atoms with Crippen molar-refractivity contribution < 1.29 is 9.53 Å². The van der Waals surface area contributed by atoms with E-state index in [4.69, 9.17) is 4.74 Å². The van der Waals surface area contributed by atoms with Crippen molar-refractivity contribution in [2.24, 2.45) is 23.2 Å². The molecule has 3 nitrogen and oxygen atoms in total. The number of para-hydroxylation sites is 2. The van der Waals surface area contributed by atoms with Crippen LogP contribution in [-0.2, 0) is 4.79 Å². The molecule has 0 radical (unpaired) electrons. The van der Waals surface area contributed by atoms with Gasteiger partial charge >= 0.3 is 0 Å². The number of hydrogen-bond acceptors (Lipinski definition) is 2. The molecule has 0 aliphatic heterocycles. The molecule has 1 amide bonds. The van der Waals surface area contributed by atoms with Gasteiger partial charge in [0.15, 0.2) is 0 Å². The highest BCUT2D eigenvalue weighted by Gasteiger charge is 2.51. The van der Waals surface area contributed by atoms with Gasteiger partial charge in [0.05, 0.1) is 12.8 Å². The summed E-state index contributed by atoms with van der Waals surface area (Å²) in [6.07, 6.45) is 8.79. The fourth-order valence-electron chi connectivity index (χ4n) is 5.79. The Balaban J connectivity index is 1.46. The quantitative estimate of drug-likeness (QED) is 0.903. The SMILES string of the molecule is COc1ccccc1NC(=O)CC12CC3CC(CC(C3)C1)C2. The van der Waals surface area contributed by atoms with E-state index in [2.05, 4.69) is 5.32 Å². The van der Waals surface area contributed by atoms with Gasteiger partial charge in [-0.25, -0.2) is 0 Å². The van der Waals surface area contributed by atoms with Crippen LogP contribution in [0.3, 0.4) is 0 Å². The van der Waals surface area contributed by atoms with E-state index in [0.29, 0.717) is 11.8 Å². The van der Waals surface area contributed by atoms with Crippen molar-refractivity contribution in [1.82, 2.24) is 0 Å². The number of carbonyl (C=O) groups excluding carboxylic acids is 1. The molecule has 0 saturated heterocycles. The van der Waals surface area contributed by atoms with Gasteiger partial charge in [-0.3, -0.25) is 4.79 Å². The zero-order valence-corrected chi connectivity index (χ0v) is 13.3. The van der Waals surface area contributed by atoms with Crippen LogP contribution >= 0.6 is 0 Å². The third-order valence-electron chi connectivity index (χ3n) is 6.08. The zero-order chi connectivity index (χ0) is 15.2. The number of rotatable bonds is 4. The van der Waals surface area contributed by atoms with E-state index in [1.165, 1.54) is 38.5 Å². The molecule has 4 bridgehead atoms. The monoisotopic (exact) mass is 299 g/mol. The van der Waals surface area contributed by atoms with Crippen LogP contribution in [0.15, 0.2) is 24.3 Å². The van der Waals surface area contributed by atoms with Crippen LogP contribution in [-0.4, -0.2) is 13.0 Å². The average Bonchev–Trinajstić information content (AvgIpc) is 2.45. The molecule has 1 N–H and O–H groups in total. The van der Waals surface area contributed by atoms with Gasteiger partial charge in [-0.2, -0.15) is 0 Å². The molecule has 5 rings (SSSR count). The Hall–Kier alpha value is -1.51. The lowest BCUT2D eigenvalue weighted by Gasteiger charge is -2.56. The molecule has 4 saturated carbocycles. The van der Waals surface area contributed by atoms with E-state index in [1.54, 1.807) is 7.11 Å². The number of carbonyl (C=O) groups is 1. The fraction of sp³-hybridized carbons (Fsp3) is 0.632. The number of methoxy groups -OCH3 is 1. The number of hydrogen-bond donors (Lipinski definition) is 1. The van der Waals surface area contributed by atoms with Crippen LogP contribution in [0.5, 0.6) is 5.75 Å². The third kappa shape index (κ3) is 2.51. The maximum absolute atomic E-state index is 12.6. The lowest BCUT2D eigenvalue weighted by molar-refractivity contribution is -0.124. The molecule has 4 aliphatic carbocycles. The van der Waals surface area contributed by atoms with Crippen molar-refractivity contribution in [2.75, 3.05) is 12.4 Å². The van der Waals surface area contributed by atoms with Crippen LogP contribution in [0.1, 0.15) is 44.9 Å². The van der Waals surface area contributed by atoms with Crippen LogP contribution < -0.4 is 10.1 Å². The number of amides is 1. The summed E-state index contributed by atoms with van der Waals surface area (Å²) >= 11 is 0. The first kappa shape index (κ1) is 14.1. The van der Waals surface area contributed by atoms with E-state index >= 15 is 0 Å². The van der Waals surface area contributed by atoms with E-state index in [-0.39, 0.29) is 5.91 Å². The first-order valence-corrected chi connectivity index (χ1v) is 8.59. The molecule has 118 valence electrons. The Morgan fingerprint density at radius 3 is 2.32 bits per heavy atom. The molecule has 0 heterocycles. The van der Waals surface area contributed by atoms with Gasteiger partial charge in [0.2, 0.25) is 5.91 Å². The summed E-state index contributed by atoms with van der Waals surface area (Å²) in [6.45, 7) is 0. The predicted octanol–water partition coefficient (Wildman–Crippen LogP) is 4.24. The summed E-state index contributed by atoms with van der Waals surface area (Å²) in [7, 11) is 1.64. The van der Waals surface area contributed by atoms with Gasteiger partial charge in [0.1, 0.15) is 5.75 Å². The molecule has 1 aromatic carbocycles. The molecular formula is C19H25NO2. The number of anilines is 1. The lowest BCUT2D eigenvalue weighted by Crippen LogP contribution is -2.47. The van der Waals surface area contributed by atoms with Crippen molar-refractivity contribution in [1.29, 1.82) is 0 Å². The van der Waals surface area contributed by atoms with Gasteiger partial charge < -0.3 is 10.1 Å². The Morgan fingerprint density at radius 2 is 1.73 bits per heavy atom. The average molecular weight is 299 g/mol. The Labute approximate surface area is 132 Å². The smallest absolute Gasteiger partial charge is 0.225 e. The van der Waals surface area contributed by atoms with E-state index in [1.807, 2.05) is 24.3 Å². The maximum atomic E-state index is 12.6. The van der Waals surface area contributed by atoms with Crippen LogP contribution in [0.25, 0.3) is 0 Å². The molecule has 3 heteroatoms. The van der Waals surface area contributed by atoms with Gasteiger partial charge in [-0.1, -0.05) is 12.1 Å². The molecule has 1 aromatic rings. The highest BCUT2D eigenvalue weighted by atomic mass is 16.5. The van der Waals surface area contributed by atoms with Gasteiger partial charge in [0, 0.05) is 6.42 Å². The Bertz CT molecular complexity index is 545. The van der Waals surface area contributed by atoms with Crippen LogP contribution in [0.2, 0.25) is 0 Å². The Kier molecular flexibility index (Phi) is 3.39. The van der Waals surface area contributed by atoms with E-state index < -0.39 is 0 Å². The normalized spacial score (nSPS) is 35.4. The summed E-state index contributed by atoms with van der Waals surface area (Å²) < 4.78 is 5.33. The fourth-order valence-corrected chi connectivity index (χ4v) is 5.79. The third-order valence-corrected chi connectivity index (χ3v) is 6.08. The summed E-state index contributed by atoms with van der Waals surface area (Å²) in [4.78, 5) is 12.6. The van der Waals surface area contributed by atoms with Crippen molar-refractivity contribution in [3.8, 4) is 5.75 Å². The standard InChI is InChI=1S/C19H25NO2/c1-22-17-5-3-2-4-16(17)20-18(21)12-19-9-13-6-14(10-19)8-15(7-13)11-19/h2-5,13-15H,6-12H2,1H3,(H,20,21). The highest BCUT2D eigenvalue weighted by Crippen LogP contribution is 2.61. The van der Waals surface area contributed by atoms with Crippen molar-refractivity contribution >= 4 is 11.6 Å². The second-order valence-electron chi connectivity index (χ2n) is 7.84. The number of nitrogens with one attached hydrogen (secondary N) is 1. The molecular weight excluding hydrogens is 274 g/mol. The number of benzene rings is 1. The van der Waals surface area contributed by atoms with Gasteiger partial charge in [-0.05, 0) is 73.8 Å². The van der Waals surface area contributed by atoms with Crippen molar-refractivity contribution in [2.45, 2.75) is 44.9 Å². The number of ether oxygens (including phenoxy) is 1. The minimum absolute atomic E-state index is 0.159. The maximum Gasteiger partial charge on any atom is 0.225 e. The first-order chi connectivity index (χ1) is 10.7. The van der Waals surface area contributed by atoms with Gasteiger partial charge in [-0.15, -0.1) is 0 Å². The highest BCUT2D eigenvalue weighted by molar-refractivity contribution is 5.92.